The molecule has 0 unspecified atom stereocenters. The largest absolute Gasteiger partial charge is 0.487 e. The summed E-state index contributed by atoms with van der Waals surface area (Å²) in [7, 11) is 0. The summed E-state index contributed by atoms with van der Waals surface area (Å²) in [5.41, 5.74) is 3.49. The van der Waals surface area contributed by atoms with Gasteiger partial charge in [-0.05, 0) is 61.1 Å². The molecule has 3 aromatic rings. The van der Waals surface area contributed by atoms with Crippen molar-refractivity contribution in [2.75, 3.05) is 6.61 Å². The molecule has 0 radical (unpaired) electrons. The minimum Gasteiger partial charge on any atom is -0.487 e. The number of fused-ring (bicyclic) bond motifs is 2. The summed E-state index contributed by atoms with van der Waals surface area (Å²) in [6, 6.07) is 25.9. The first-order valence-electron chi connectivity index (χ1n) is 11.3. The smallest absolute Gasteiger partial charge is 0.130 e. The Balaban J connectivity index is 1.28. The van der Waals surface area contributed by atoms with Gasteiger partial charge in [0.05, 0.1) is 12.3 Å². The maximum Gasteiger partial charge on any atom is 0.130 e. The number of aliphatic hydroxyl groups excluding tert-OH is 1. The van der Waals surface area contributed by atoms with Crippen LogP contribution in [0.4, 0.5) is 0 Å². The van der Waals surface area contributed by atoms with Gasteiger partial charge in [-0.1, -0.05) is 48.5 Å². The summed E-state index contributed by atoms with van der Waals surface area (Å²) in [4.78, 5) is 6.97. The number of rotatable bonds is 8. The van der Waals surface area contributed by atoms with Crippen LogP contribution in [0, 0.1) is 5.41 Å². The Morgan fingerprint density at radius 3 is 2.61 bits per heavy atom. The zero-order valence-electron chi connectivity index (χ0n) is 17.9. The second-order valence-electron chi connectivity index (χ2n) is 9.06. The van der Waals surface area contributed by atoms with E-state index in [0.29, 0.717) is 18.7 Å². The molecule has 2 aromatic carbocycles. The van der Waals surface area contributed by atoms with E-state index < -0.39 is 0 Å². The Morgan fingerprint density at radius 1 is 0.968 bits per heavy atom. The van der Waals surface area contributed by atoms with Crippen LogP contribution in [0.15, 0.2) is 79.0 Å². The molecular formula is C27H30N2O2. The lowest BCUT2D eigenvalue weighted by atomic mass is 9.70. The van der Waals surface area contributed by atoms with E-state index in [9.17, 15) is 5.11 Å². The van der Waals surface area contributed by atoms with Gasteiger partial charge in [0.2, 0.25) is 0 Å². The number of benzene rings is 2. The fraction of sp³-hybridized carbons (Fsp3) is 0.370. The molecule has 2 bridgehead atoms. The van der Waals surface area contributed by atoms with Crippen molar-refractivity contribution in [3.8, 4) is 5.75 Å². The molecule has 0 amide bonds. The number of pyridine rings is 1. The van der Waals surface area contributed by atoms with E-state index in [1.807, 2.05) is 24.3 Å². The van der Waals surface area contributed by atoms with Gasteiger partial charge in [-0.25, -0.2) is 0 Å². The van der Waals surface area contributed by atoms with Gasteiger partial charge in [0.1, 0.15) is 12.4 Å². The summed E-state index contributed by atoms with van der Waals surface area (Å²) in [6.07, 6.45) is 6.24. The molecule has 0 spiro atoms. The molecule has 1 N–H and O–H groups in total. The summed E-state index contributed by atoms with van der Waals surface area (Å²) in [6.45, 7) is 1.64. The van der Waals surface area contributed by atoms with Crippen molar-refractivity contribution in [1.82, 2.24) is 9.88 Å². The average molecular weight is 415 g/mol. The molecule has 2 aliphatic heterocycles. The molecule has 3 heterocycles. The minimum absolute atomic E-state index is 0.0304. The van der Waals surface area contributed by atoms with E-state index in [2.05, 4.69) is 58.4 Å². The van der Waals surface area contributed by atoms with Crippen LogP contribution >= 0.6 is 0 Å². The van der Waals surface area contributed by atoms with Crippen molar-refractivity contribution >= 4 is 0 Å². The van der Waals surface area contributed by atoms with Crippen molar-refractivity contribution in [3.63, 3.8) is 0 Å². The van der Waals surface area contributed by atoms with E-state index >= 15 is 0 Å². The molecule has 4 nitrogen and oxygen atoms in total. The molecule has 0 saturated carbocycles. The highest BCUT2D eigenvalue weighted by molar-refractivity contribution is 5.30. The first-order valence-corrected chi connectivity index (χ1v) is 11.3. The van der Waals surface area contributed by atoms with E-state index in [0.717, 1.165) is 30.8 Å². The van der Waals surface area contributed by atoms with Crippen LogP contribution in [0.3, 0.4) is 0 Å². The van der Waals surface area contributed by atoms with Crippen LogP contribution in [0.5, 0.6) is 5.75 Å². The molecule has 4 heteroatoms. The number of aliphatic hydroxyl groups is 1. The number of ether oxygens (including phenoxy) is 1. The third-order valence-electron chi connectivity index (χ3n) is 7.08. The van der Waals surface area contributed by atoms with Gasteiger partial charge >= 0.3 is 0 Å². The normalized spacial score (nSPS) is 25.1. The van der Waals surface area contributed by atoms with E-state index in [-0.39, 0.29) is 12.0 Å². The monoisotopic (exact) mass is 414 g/mol. The van der Waals surface area contributed by atoms with Crippen molar-refractivity contribution in [2.24, 2.45) is 5.41 Å². The Kier molecular flexibility index (Phi) is 5.75. The molecule has 2 aliphatic rings. The summed E-state index contributed by atoms with van der Waals surface area (Å²) in [5.74, 6) is 0.882. The first-order chi connectivity index (χ1) is 15.3. The predicted octanol–water partition coefficient (Wildman–Crippen LogP) is 4.62. The Bertz CT molecular complexity index is 994. The van der Waals surface area contributed by atoms with Crippen molar-refractivity contribution in [2.45, 2.75) is 50.9 Å². The summed E-state index contributed by atoms with van der Waals surface area (Å²) in [5, 5.41) is 10.5. The van der Waals surface area contributed by atoms with E-state index in [1.54, 1.807) is 6.20 Å². The van der Waals surface area contributed by atoms with Crippen LogP contribution in [0.25, 0.3) is 0 Å². The Morgan fingerprint density at radius 2 is 1.81 bits per heavy atom. The molecule has 31 heavy (non-hydrogen) atoms. The topological polar surface area (TPSA) is 45.6 Å². The third-order valence-corrected chi connectivity index (χ3v) is 7.08. The Labute approximate surface area is 184 Å². The van der Waals surface area contributed by atoms with Gasteiger partial charge in [-0.2, -0.15) is 0 Å². The van der Waals surface area contributed by atoms with Gasteiger partial charge < -0.3 is 9.84 Å². The van der Waals surface area contributed by atoms with Crippen LogP contribution < -0.4 is 4.74 Å². The molecule has 160 valence electrons. The maximum absolute atomic E-state index is 10.5. The van der Waals surface area contributed by atoms with Crippen molar-refractivity contribution < 1.29 is 9.84 Å². The second-order valence-corrected chi connectivity index (χ2v) is 9.06. The van der Waals surface area contributed by atoms with Gasteiger partial charge in [-0.3, -0.25) is 9.88 Å². The first kappa shape index (κ1) is 20.2. The maximum atomic E-state index is 10.5. The SMILES string of the molecule is OC[C@]1(Cc2ccccc2)C[C@@H]2CC[C@H]1N2Cc1cccc(OCc2ccccn2)c1. The second kappa shape index (κ2) is 8.81. The number of hydrogen-bond acceptors (Lipinski definition) is 4. The lowest BCUT2D eigenvalue weighted by molar-refractivity contribution is 0.0750. The zero-order valence-corrected chi connectivity index (χ0v) is 17.9. The van der Waals surface area contributed by atoms with Crippen molar-refractivity contribution in [1.29, 1.82) is 0 Å². The number of aromatic nitrogens is 1. The van der Waals surface area contributed by atoms with Gasteiger partial charge in [0.25, 0.3) is 0 Å². The number of hydrogen-bond donors (Lipinski definition) is 1. The standard InChI is InChI=1S/C27H30N2O2/c30-20-27(16-21-7-2-1-3-8-21)17-24-12-13-26(27)29(24)18-22-9-6-11-25(15-22)31-19-23-10-4-5-14-28-23/h1-11,14-15,24,26,30H,12-13,16-20H2/t24-,26+,27-/m0/s1. The van der Waals surface area contributed by atoms with E-state index in [4.69, 9.17) is 4.74 Å². The molecule has 2 fully saturated rings. The average Bonchev–Trinajstić information content (AvgIpc) is 3.34. The zero-order chi connectivity index (χ0) is 21.1. The van der Waals surface area contributed by atoms with Gasteiger partial charge in [0, 0.05) is 30.2 Å². The van der Waals surface area contributed by atoms with Crippen LogP contribution in [-0.4, -0.2) is 33.7 Å². The van der Waals surface area contributed by atoms with Gasteiger partial charge in [0.15, 0.2) is 0 Å². The molecule has 1 aromatic heterocycles. The number of nitrogens with zero attached hydrogens (tertiary/aromatic N) is 2. The minimum atomic E-state index is -0.0304. The van der Waals surface area contributed by atoms with Crippen LogP contribution in [-0.2, 0) is 19.6 Å². The summed E-state index contributed by atoms with van der Waals surface area (Å²) >= 11 is 0. The fourth-order valence-electron chi connectivity index (χ4n) is 5.66. The molecule has 2 saturated heterocycles. The Hall–Kier alpha value is -2.69. The highest BCUT2D eigenvalue weighted by Crippen LogP contribution is 2.51. The lowest BCUT2D eigenvalue weighted by Crippen LogP contribution is -2.41. The highest BCUT2D eigenvalue weighted by Gasteiger charge is 2.55. The predicted molar refractivity (Wildman–Crippen MR) is 122 cm³/mol. The third kappa shape index (κ3) is 4.23. The highest BCUT2D eigenvalue weighted by atomic mass is 16.5. The molecule has 5 rings (SSSR count). The van der Waals surface area contributed by atoms with Gasteiger partial charge in [-0.15, -0.1) is 0 Å². The molecular weight excluding hydrogens is 384 g/mol. The lowest BCUT2D eigenvalue weighted by Gasteiger charge is -2.36. The molecule has 0 aliphatic carbocycles. The van der Waals surface area contributed by atoms with Crippen molar-refractivity contribution in [3.05, 3.63) is 95.8 Å². The summed E-state index contributed by atoms with van der Waals surface area (Å²) < 4.78 is 5.99. The quantitative estimate of drug-likeness (QED) is 0.584. The fourth-order valence-corrected chi connectivity index (χ4v) is 5.66. The molecule has 3 atom stereocenters. The van der Waals surface area contributed by atoms with Crippen LogP contribution in [0.1, 0.15) is 36.1 Å². The van der Waals surface area contributed by atoms with E-state index in [1.165, 1.54) is 24.0 Å². The van der Waals surface area contributed by atoms with Crippen LogP contribution in [0.2, 0.25) is 0 Å².